The summed E-state index contributed by atoms with van der Waals surface area (Å²) < 4.78 is 5.46. The number of rotatable bonds is 10. The van der Waals surface area contributed by atoms with Gasteiger partial charge >= 0.3 is 0 Å². The molecule has 0 saturated heterocycles. The zero-order chi connectivity index (χ0) is 12.4. The lowest BCUT2D eigenvalue weighted by molar-refractivity contribution is 0.151. The van der Waals surface area contributed by atoms with Crippen LogP contribution in [-0.2, 0) is 4.74 Å². The molecule has 0 unspecified atom stereocenters. The lowest BCUT2D eigenvalue weighted by Gasteiger charge is -2.12. The van der Waals surface area contributed by atoms with Gasteiger partial charge in [0.15, 0.2) is 0 Å². The van der Waals surface area contributed by atoms with Crippen LogP contribution in [0, 0.1) is 0 Å². The summed E-state index contributed by atoms with van der Waals surface area (Å²) in [6.07, 6.45) is 6.62. The molecule has 0 fully saturated rings. The van der Waals surface area contributed by atoms with Gasteiger partial charge < -0.3 is 4.74 Å². The third kappa shape index (κ3) is 14.4. The minimum Gasteiger partial charge on any atom is -0.377 e. The molecule has 0 atom stereocenters. The van der Waals surface area contributed by atoms with Gasteiger partial charge in [0.2, 0.25) is 0 Å². The van der Waals surface area contributed by atoms with E-state index >= 15 is 0 Å². The molecule has 0 rings (SSSR count). The van der Waals surface area contributed by atoms with E-state index in [1.807, 2.05) is 6.92 Å². The molecule has 0 aromatic rings. The quantitative estimate of drug-likeness (QED) is 0.235. The Morgan fingerprint density at radius 3 is 2.25 bits per heavy atom. The SMILES string of the molecule is C=C(C)COCCCCCCC[Si](C)(C)Br. The zero-order valence-electron chi connectivity index (χ0n) is 11.2. The van der Waals surface area contributed by atoms with Crippen LogP contribution in [0.4, 0.5) is 0 Å². The van der Waals surface area contributed by atoms with Crippen molar-refractivity contribution < 1.29 is 4.74 Å². The van der Waals surface area contributed by atoms with Crippen LogP contribution in [-0.4, -0.2) is 19.9 Å². The first-order valence-corrected chi connectivity index (χ1v) is 11.8. The summed E-state index contributed by atoms with van der Waals surface area (Å²) in [5.74, 6) is 0. The third-order valence-electron chi connectivity index (χ3n) is 2.41. The van der Waals surface area contributed by atoms with E-state index in [2.05, 4.69) is 35.0 Å². The fraction of sp³-hybridized carbons (Fsp3) is 0.846. The number of hydrogen-bond donors (Lipinski definition) is 0. The lowest BCUT2D eigenvalue weighted by Crippen LogP contribution is -2.13. The molecule has 96 valence electrons. The van der Waals surface area contributed by atoms with Crippen molar-refractivity contribution in [3.8, 4) is 0 Å². The Morgan fingerprint density at radius 1 is 1.12 bits per heavy atom. The molecule has 3 heteroatoms. The Morgan fingerprint density at radius 2 is 1.69 bits per heavy atom. The van der Waals surface area contributed by atoms with Crippen LogP contribution >= 0.6 is 15.3 Å². The van der Waals surface area contributed by atoms with Crippen LogP contribution in [0.3, 0.4) is 0 Å². The molecule has 16 heavy (non-hydrogen) atoms. The topological polar surface area (TPSA) is 9.23 Å². The maximum Gasteiger partial charge on any atom is 0.124 e. The van der Waals surface area contributed by atoms with Crippen LogP contribution in [0.15, 0.2) is 12.2 Å². The van der Waals surface area contributed by atoms with Crippen molar-refractivity contribution in [3.05, 3.63) is 12.2 Å². The highest BCUT2D eigenvalue weighted by atomic mass is 79.9. The van der Waals surface area contributed by atoms with Gasteiger partial charge in [-0.3, -0.25) is 0 Å². The molecule has 0 bridgehead atoms. The molecule has 0 aliphatic rings. The summed E-state index contributed by atoms with van der Waals surface area (Å²) in [4.78, 5) is 0. The normalized spacial score (nSPS) is 11.8. The van der Waals surface area contributed by atoms with E-state index in [0.717, 1.165) is 18.8 Å². The summed E-state index contributed by atoms with van der Waals surface area (Å²) >= 11 is 3.81. The molecule has 0 N–H and O–H groups in total. The fourth-order valence-corrected chi connectivity index (χ4v) is 3.46. The summed E-state index contributed by atoms with van der Waals surface area (Å²) in [7, 11) is 0. The van der Waals surface area contributed by atoms with Crippen molar-refractivity contribution in [3.63, 3.8) is 0 Å². The minimum absolute atomic E-state index is 0.726. The molecule has 0 aliphatic carbocycles. The van der Waals surface area contributed by atoms with Crippen molar-refractivity contribution >= 4 is 22.0 Å². The summed E-state index contributed by atoms with van der Waals surface area (Å²) in [6.45, 7) is 11.2. The van der Waals surface area contributed by atoms with Crippen LogP contribution in [0.2, 0.25) is 19.1 Å². The Bertz CT molecular complexity index is 187. The monoisotopic (exact) mass is 306 g/mol. The van der Waals surface area contributed by atoms with Gasteiger partial charge in [0, 0.05) is 6.61 Å². The van der Waals surface area contributed by atoms with Crippen molar-refractivity contribution in [2.75, 3.05) is 13.2 Å². The molecule has 0 radical (unpaired) electrons. The Kier molecular flexibility index (Phi) is 9.66. The van der Waals surface area contributed by atoms with Crippen LogP contribution in [0.25, 0.3) is 0 Å². The molecular weight excluding hydrogens is 280 g/mol. The van der Waals surface area contributed by atoms with E-state index in [4.69, 9.17) is 4.74 Å². The third-order valence-corrected chi connectivity index (χ3v) is 5.14. The molecule has 0 amide bonds. The first-order chi connectivity index (χ1) is 7.42. The second-order valence-electron chi connectivity index (χ2n) is 5.25. The van der Waals surface area contributed by atoms with Crippen LogP contribution in [0.1, 0.15) is 39.0 Å². The van der Waals surface area contributed by atoms with E-state index < -0.39 is 6.69 Å². The van der Waals surface area contributed by atoms with E-state index in [1.165, 1.54) is 38.1 Å². The van der Waals surface area contributed by atoms with E-state index in [1.54, 1.807) is 0 Å². The molecule has 0 aliphatic heterocycles. The summed E-state index contributed by atoms with van der Waals surface area (Å²) in [6, 6.07) is 1.40. The van der Waals surface area contributed by atoms with E-state index in [9.17, 15) is 0 Å². The number of hydrogen-bond acceptors (Lipinski definition) is 1. The largest absolute Gasteiger partial charge is 0.377 e. The Hall–Kier alpha value is 0.397. The van der Waals surface area contributed by atoms with Crippen molar-refractivity contribution in [1.29, 1.82) is 0 Å². The highest BCUT2D eigenvalue weighted by molar-refractivity contribution is 9.26. The molecule has 0 aromatic heterocycles. The van der Waals surface area contributed by atoms with Crippen LogP contribution in [0.5, 0.6) is 0 Å². The number of ether oxygens (including phenoxy) is 1. The molecular formula is C13H27BrOSi. The average Bonchev–Trinajstić information content (AvgIpc) is 2.13. The maximum absolute atomic E-state index is 5.46. The van der Waals surface area contributed by atoms with Gasteiger partial charge in [-0.25, -0.2) is 0 Å². The average molecular weight is 307 g/mol. The van der Waals surface area contributed by atoms with Gasteiger partial charge in [-0.1, -0.05) is 50.9 Å². The fourth-order valence-electron chi connectivity index (χ4n) is 1.53. The van der Waals surface area contributed by atoms with Crippen molar-refractivity contribution in [2.45, 2.75) is 58.2 Å². The van der Waals surface area contributed by atoms with Crippen molar-refractivity contribution in [1.82, 2.24) is 0 Å². The van der Waals surface area contributed by atoms with E-state index in [0.29, 0.717) is 0 Å². The summed E-state index contributed by atoms with van der Waals surface area (Å²) in [5, 5.41) is 0. The first-order valence-electron chi connectivity index (χ1n) is 6.33. The van der Waals surface area contributed by atoms with Crippen molar-refractivity contribution in [2.24, 2.45) is 0 Å². The van der Waals surface area contributed by atoms with E-state index in [-0.39, 0.29) is 0 Å². The molecule has 0 spiro atoms. The second kappa shape index (κ2) is 9.43. The highest BCUT2D eigenvalue weighted by Crippen LogP contribution is 2.20. The van der Waals surface area contributed by atoms with Gasteiger partial charge in [-0.15, -0.1) is 15.3 Å². The molecule has 0 saturated carbocycles. The van der Waals surface area contributed by atoms with Crippen LogP contribution < -0.4 is 0 Å². The summed E-state index contributed by atoms with van der Waals surface area (Å²) in [5.41, 5.74) is 1.12. The predicted molar refractivity (Wildman–Crippen MR) is 79.9 cm³/mol. The zero-order valence-corrected chi connectivity index (χ0v) is 13.7. The smallest absolute Gasteiger partial charge is 0.124 e. The molecule has 0 heterocycles. The maximum atomic E-state index is 5.46. The lowest BCUT2D eigenvalue weighted by atomic mass is 10.2. The number of halogens is 1. The van der Waals surface area contributed by atoms with Gasteiger partial charge in [0.1, 0.15) is 6.69 Å². The van der Waals surface area contributed by atoms with Gasteiger partial charge in [0.05, 0.1) is 6.61 Å². The second-order valence-corrected chi connectivity index (χ2v) is 15.6. The van der Waals surface area contributed by atoms with Gasteiger partial charge in [-0.2, -0.15) is 0 Å². The molecule has 0 aromatic carbocycles. The van der Waals surface area contributed by atoms with Gasteiger partial charge in [0.25, 0.3) is 0 Å². The standard InChI is InChI=1S/C13H27BrOSi/c1-13(2)12-15-10-8-6-5-7-9-11-16(3,4)14/h1,5-12H2,2-4H3. The number of unbranched alkanes of at least 4 members (excludes halogenated alkanes) is 4. The Balaban J connectivity index is 3.07. The Labute approximate surface area is 110 Å². The first kappa shape index (κ1) is 16.4. The minimum atomic E-state index is -0.973. The predicted octanol–water partition coefficient (Wildman–Crippen LogP) is 5.13. The van der Waals surface area contributed by atoms with Gasteiger partial charge in [-0.05, 0) is 19.4 Å². The highest BCUT2D eigenvalue weighted by Gasteiger charge is 2.14. The molecule has 1 nitrogen and oxygen atoms in total.